The molecule has 4 rings (SSSR count). The van der Waals surface area contributed by atoms with E-state index in [-0.39, 0.29) is 0 Å². The number of benzene rings is 4. The van der Waals surface area contributed by atoms with Crippen LogP contribution >= 0.6 is 0 Å². The van der Waals surface area contributed by atoms with Gasteiger partial charge >= 0.3 is 240 Å². The normalized spacial score (nSPS) is 10.8. The fourth-order valence-corrected chi connectivity index (χ4v) is 7.53. The summed E-state index contributed by atoms with van der Waals surface area (Å²) in [5.74, 6) is 3.11. The first-order chi connectivity index (χ1) is 19.3. The first-order valence-corrected chi connectivity index (χ1v) is 14.9. The van der Waals surface area contributed by atoms with Crippen LogP contribution in [0.4, 0.5) is 0 Å². The zero-order valence-electron chi connectivity index (χ0n) is 24.0. The van der Waals surface area contributed by atoms with Gasteiger partial charge in [-0.1, -0.05) is 0 Å². The molecule has 0 aliphatic carbocycles. The van der Waals surface area contributed by atoms with Crippen LogP contribution in [0.15, 0.2) is 60.7 Å². The van der Waals surface area contributed by atoms with Crippen molar-refractivity contribution in [3.05, 3.63) is 71.8 Å². The summed E-state index contributed by atoms with van der Waals surface area (Å²) < 4.78 is 49.5. The summed E-state index contributed by atoms with van der Waals surface area (Å²) in [6.07, 6.45) is 0. The van der Waals surface area contributed by atoms with Crippen molar-refractivity contribution in [1.82, 2.24) is 0 Å². The molecule has 0 bridgehead atoms. The third-order valence-electron chi connectivity index (χ3n) is 6.62. The summed E-state index contributed by atoms with van der Waals surface area (Å²) in [5, 5.41) is 0. The van der Waals surface area contributed by atoms with E-state index < -0.39 is 13.8 Å². The van der Waals surface area contributed by atoms with Crippen molar-refractivity contribution < 1.29 is 32.3 Å². The van der Waals surface area contributed by atoms with Crippen molar-refractivity contribution in [1.29, 1.82) is 0 Å². The summed E-state index contributed by atoms with van der Waals surface area (Å²) in [6.45, 7) is 4.02. The molecular weight excluding hydrogens is 575 g/mol. The number of ether oxygens (including phenoxy) is 6. The van der Waals surface area contributed by atoms with Crippen LogP contribution in [0.5, 0.6) is 34.5 Å². The molecule has 40 heavy (non-hydrogen) atoms. The van der Waals surface area contributed by atoms with Crippen molar-refractivity contribution >= 4 is 22.8 Å². The van der Waals surface area contributed by atoms with Crippen molar-refractivity contribution in [2.24, 2.45) is 0 Å². The molecule has 0 unspecified atom stereocenters. The molecule has 0 spiro atoms. The summed E-state index contributed by atoms with van der Waals surface area (Å²) in [5.41, 5.74) is 5.41. The Kier molecular flexibility index (Phi) is 9.03. The van der Waals surface area contributed by atoms with E-state index in [0.29, 0.717) is 34.5 Å². The average Bonchev–Trinajstić information content (AvgIpc) is 2.98. The Bertz CT molecular complexity index is 1400. The summed E-state index contributed by atoms with van der Waals surface area (Å²) >= 11 is -2.81. The van der Waals surface area contributed by atoms with Gasteiger partial charge in [-0.2, -0.15) is 0 Å². The van der Waals surface area contributed by atoms with Crippen LogP contribution < -0.4 is 37.3 Å². The zero-order chi connectivity index (χ0) is 29.0. The number of methoxy groups -OCH3 is 6. The van der Waals surface area contributed by atoms with Crippen molar-refractivity contribution in [2.75, 3.05) is 42.7 Å². The molecule has 8 heteroatoms. The molecule has 0 saturated carbocycles. The Morgan fingerprint density at radius 1 is 0.475 bits per heavy atom. The van der Waals surface area contributed by atoms with Crippen LogP contribution in [0.2, 0.25) is 0 Å². The average molecular weight is 610 g/mol. The molecule has 0 amide bonds. The molecule has 210 valence electrons. The molecular formula is C32H34O7Se. The number of hydrogen-bond acceptors (Lipinski definition) is 7. The standard InChI is InChI=1S/C32H34O7Se/c1-19-9-11-29(23(13-19)21-15-25(34-3)31(38-7)26(16-21)35-4)40(33)30-12-10-20(2)14-24(30)22-17-27(36-5)32(39-8)28(18-22)37-6/h9-18H,1-8H3. The van der Waals surface area contributed by atoms with Gasteiger partial charge in [-0.25, -0.2) is 0 Å². The van der Waals surface area contributed by atoms with E-state index in [1.807, 2.05) is 74.5 Å². The second-order valence-electron chi connectivity index (χ2n) is 9.10. The van der Waals surface area contributed by atoms with Crippen molar-refractivity contribution in [3.8, 4) is 56.8 Å². The first-order valence-electron chi connectivity index (χ1n) is 12.5. The topological polar surface area (TPSA) is 72.5 Å². The van der Waals surface area contributed by atoms with E-state index in [1.54, 1.807) is 42.7 Å². The predicted molar refractivity (Wildman–Crippen MR) is 158 cm³/mol. The third kappa shape index (κ3) is 5.51. The van der Waals surface area contributed by atoms with E-state index in [4.69, 9.17) is 28.4 Å². The fraction of sp³-hybridized carbons (Fsp3) is 0.250. The van der Waals surface area contributed by atoms with Gasteiger partial charge in [-0.3, -0.25) is 0 Å². The molecule has 0 aromatic heterocycles. The number of rotatable bonds is 10. The van der Waals surface area contributed by atoms with Gasteiger partial charge in [-0.15, -0.1) is 0 Å². The predicted octanol–water partition coefficient (Wildman–Crippen LogP) is 5.23. The Hall–Kier alpha value is -4.00. The number of aryl methyl sites for hydroxylation is 2. The molecule has 4 aromatic carbocycles. The third-order valence-corrected chi connectivity index (χ3v) is 9.79. The molecule has 0 N–H and O–H groups in total. The summed E-state index contributed by atoms with van der Waals surface area (Å²) in [7, 11) is 9.47. The van der Waals surface area contributed by atoms with Gasteiger partial charge in [0.25, 0.3) is 0 Å². The van der Waals surface area contributed by atoms with Crippen molar-refractivity contribution in [2.45, 2.75) is 13.8 Å². The molecule has 0 heterocycles. The molecule has 0 saturated heterocycles. The minimum atomic E-state index is -2.81. The molecule has 0 radical (unpaired) electrons. The minimum absolute atomic E-state index is 0.501. The fourth-order valence-electron chi connectivity index (χ4n) is 4.65. The summed E-state index contributed by atoms with van der Waals surface area (Å²) in [4.78, 5) is 0. The van der Waals surface area contributed by atoms with Crippen LogP contribution in [-0.4, -0.2) is 56.5 Å². The van der Waals surface area contributed by atoms with Gasteiger partial charge < -0.3 is 0 Å². The Morgan fingerprint density at radius 3 is 1.07 bits per heavy atom. The van der Waals surface area contributed by atoms with E-state index in [1.165, 1.54) is 0 Å². The van der Waals surface area contributed by atoms with Gasteiger partial charge in [0, 0.05) is 0 Å². The Balaban J connectivity index is 1.94. The second kappa shape index (κ2) is 12.5. The van der Waals surface area contributed by atoms with Crippen LogP contribution in [0, 0.1) is 13.8 Å². The van der Waals surface area contributed by atoms with Crippen LogP contribution in [0.25, 0.3) is 22.3 Å². The van der Waals surface area contributed by atoms with Gasteiger partial charge in [-0.05, 0) is 0 Å². The first kappa shape index (κ1) is 29.0. The van der Waals surface area contributed by atoms with Crippen LogP contribution in [0.1, 0.15) is 11.1 Å². The molecule has 0 aliphatic heterocycles. The van der Waals surface area contributed by atoms with Crippen LogP contribution in [0.3, 0.4) is 0 Å². The SMILES string of the molecule is COc1cc(-c2cc(C)ccc2[Se](=O)c2ccc(C)cc2-c2cc(OC)c(OC)c(OC)c2)cc(OC)c1OC. The summed E-state index contributed by atoms with van der Waals surface area (Å²) in [6, 6.07) is 19.5. The van der Waals surface area contributed by atoms with E-state index in [9.17, 15) is 3.83 Å². The van der Waals surface area contributed by atoms with Gasteiger partial charge in [0.1, 0.15) is 0 Å². The molecule has 0 aliphatic rings. The van der Waals surface area contributed by atoms with E-state index in [2.05, 4.69) is 0 Å². The monoisotopic (exact) mass is 610 g/mol. The Morgan fingerprint density at radius 2 is 0.800 bits per heavy atom. The zero-order valence-corrected chi connectivity index (χ0v) is 25.8. The van der Waals surface area contributed by atoms with Crippen LogP contribution in [-0.2, 0) is 3.83 Å². The molecule has 0 fully saturated rings. The Labute approximate surface area is 239 Å². The quantitative estimate of drug-likeness (QED) is 0.228. The maximum atomic E-state index is 14.6. The van der Waals surface area contributed by atoms with Crippen molar-refractivity contribution in [3.63, 3.8) is 0 Å². The number of hydrogen-bond donors (Lipinski definition) is 0. The van der Waals surface area contributed by atoms with E-state index >= 15 is 0 Å². The van der Waals surface area contributed by atoms with Gasteiger partial charge in [0.05, 0.1) is 0 Å². The molecule has 0 atom stereocenters. The second-order valence-corrected chi connectivity index (χ2v) is 12.1. The van der Waals surface area contributed by atoms with Gasteiger partial charge in [0.2, 0.25) is 0 Å². The molecule has 4 aromatic rings. The van der Waals surface area contributed by atoms with Gasteiger partial charge in [0.15, 0.2) is 0 Å². The molecule has 7 nitrogen and oxygen atoms in total. The maximum absolute atomic E-state index is 14.6. The van der Waals surface area contributed by atoms with E-state index in [0.717, 1.165) is 42.3 Å².